The van der Waals surface area contributed by atoms with Crippen LogP contribution in [0, 0.1) is 0 Å². The molecule has 0 atom stereocenters. The second kappa shape index (κ2) is 4.00. The van der Waals surface area contributed by atoms with E-state index in [2.05, 4.69) is 19.8 Å². The van der Waals surface area contributed by atoms with Gasteiger partial charge >= 0.3 is 0 Å². The van der Waals surface area contributed by atoms with Crippen molar-refractivity contribution in [3.05, 3.63) is 23.6 Å². The van der Waals surface area contributed by atoms with Crippen LogP contribution in [0.2, 0.25) is 0 Å². The lowest BCUT2D eigenvalue weighted by Crippen LogP contribution is -1.58. The first-order valence-electron chi connectivity index (χ1n) is 2.14. The van der Waals surface area contributed by atoms with Gasteiger partial charge in [-0.3, -0.25) is 0 Å². The molecule has 0 bridgehead atoms. The fraction of sp³-hybridized carbons (Fsp3) is 0.333. The Morgan fingerprint density at radius 1 is 1.71 bits per heavy atom. The van der Waals surface area contributed by atoms with E-state index in [0.29, 0.717) is 0 Å². The summed E-state index contributed by atoms with van der Waals surface area (Å²) < 4.78 is 0. The van der Waals surface area contributed by atoms with E-state index in [0.717, 1.165) is 0 Å². The third-order valence-electron chi connectivity index (χ3n) is 0.675. The average molecular weight is 114 g/mol. The molecule has 0 saturated carbocycles. The summed E-state index contributed by atoms with van der Waals surface area (Å²) in [5.41, 5.74) is 0. The van der Waals surface area contributed by atoms with Gasteiger partial charge in [-0.25, -0.2) is 0 Å². The van der Waals surface area contributed by atoms with Gasteiger partial charge < -0.3 is 0 Å². The molecule has 0 amide bonds. The maximum Gasteiger partial charge on any atom is -0.0140 e. The van der Waals surface area contributed by atoms with E-state index in [1.807, 2.05) is 6.08 Å². The zero-order chi connectivity index (χ0) is 5.70. The molecule has 0 saturated heterocycles. The zero-order valence-electron chi connectivity index (χ0n) is 4.77. The highest BCUT2D eigenvalue weighted by Gasteiger charge is 1.75. The van der Waals surface area contributed by atoms with Gasteiger partial charge in [-0.1, -0.05) is 18.7 Å². The van der Waals surface area contributed by atoms with Crippen LogP contribution in [0.4, 0.5) is 0 Å². The van der Waals surface area contributed by atoms with Crippen molar-refractivity contribution in [3.63, 3.8) is 0 Å². The standard InChI is InChI=1S/C6H10S/c1-4-5-6(2)7-3/h4-5H,1H2,2-3H3/b6-5-. The molecule has 0 aliphatic carbocycles. The lowest BCUT2D eigenvalue weighted by Gasteiger charge is -1.85. The van der Waals surface area contributed by atoms with Gasteiger partial charge in [0, 0.05) is 0 Å². The van der Waals surface area contributed by atoms with Crippen LogP contribution in [0.15, 0.2) is 23.6 Å². The van der Waals surface area contributed by atoms with E-state index < -0.39 is 0 Å². The highest BCUT2D eigenvalue weighted by atomic mass is 32.2. The van der Waals surface area contributed by atoms with Gasteiger partial charge in [-0.05, 0) is 18.1 Å². The van der Waals surface area contributed by atoms with Crippen LogP contribution >= 0.6 is 11.8 Å². The molecule has 40 valence electrons. The summed E-state index contributed by atoms with van der Waals surface area (Å²) in [7, 11) is 0. The Hall–Kier alpha value is -0.170. The molecule has 0 N–H and O–H groups in total. The molecule has 0 heterocycles. The van der Waals surface area contributed by atoms with Crippen LogP contribution in [-0.4, -0.2) is 6.26 Å². The number of hydrogen-bond acceptors (Lipinski definition) is 1. The highest BCUT2D eigenvalue weighted by Crippen LogP contribution is 2.07. The third-order valence-corrected chi connectivity index (χ3v) is 1.45. The molecule has 1 heteroatoms. The first kappa shape index (κ1) is 6.83. The van der Waals surface area contributed by atoms with E-state index >= 15 is 0 Å². The van der Waals surface area contributed by atoms with E-state index in [4.69, 9.17) is 0 Å². The Balaban J connectivity index is 3.49. The molecule has 0 spiro atoms. The molecule has 0 aliphatic heterocycles. The van der Waals surface area contributed by atoms with E-state index in [-0.39, 0.29) is 0 Å². The molecule has 0 aromatic carbocycles. The van der Waals surface area contributed by atoms with Crippen LogP contribution in [-0.2, 0) is 0 Å². The van der Waals surface area contributed by atoms with Gasteiger partial charge in [-0.15, -0.1) is 11.8 Å². The van der Waals surface area contributed by atoms with Gasteiger partial charge in [0.1, 0.15) is 0 Å². The topological polar surface area (TPSA) is 0 Å². The van der Waals surface area contributed by atoms with Crippen molar-refractivity contribution in [1.29, 1.82) is 0 Å². The van der Waals surface area contributed by atoms with E-state index in [9.17, 15) is 0 Å². The summed E-state index contributed by atoms with van der Waals surface area (Å²) in [4.78, 5) is 1.30. The highest BCUT2D eigenvalue weighted by molar-refractivity contribution is 8.02. The van der Waals surface area contributed by atoms with Crippen LogP contribution in [0.3, 0.4) is 0 Å². The molecular weight excluding hydrogens is 104 g/mol. The maximum absolute atomic E-state index is 3.56. The predicted molar refractivity (Wildman–Crippen MR) is 37.5 cm³/mol. The Kier molecular flexibility index (Phi) is 3.90. The normalized spacial score (nSPS) is 11.4. The van der Waals surface area contributed by atoms with Crippen molar-refractivity contribution < 1.29 is 0 Å². The van der Waals surface area contributed by atoms with Crippen LogP contribution in [0.25, 0.3) is 0 Å². The molecular formula is C6H10S. The number of rotatable bonds is 2. The quantitative estimate of drug-likeness (QED) is 0.497. The van der Waals surface area contributed by atoms with Gasteiger partial charge in [0.15, 0.2) is 0 Å². The van der Waals surface area contributed by atoms with Crippen molar-refractivity contribution in [1.82, 2.24) is 0 Å². The number of thioether (sulfide) groups is 1. The Labute approximate surface area is 49.3 Å². The minimum absolute atomic E-state index is 1.30. The average Bonchev–Trinajstić information content (AvgIpc) is 1.68. The first-order chi connectivity index (χ1) is 3.31. The summed E-state index contributed by atoms with van der Waals surface area (Å²) in [6.07, 6.45) is 5.84. The van der Waals surface area contributed by atoms with Crippen LogP contribution in [0.5, 0.6) is 0 Å². The minimum Gasteiger partial charge on any atom is -0.134 e. The van der Waals surface area contributed by atoms with Gasteiger partial charge in [-0.2, -0.15) is 0 Å². The Morgan fingerprint density at radius 2 is 2.29 bits per heavy atom. The molecule has 0 unspecified atom stereocenters. The second-order valence-electron chi connectivity index (χ2n) is 1.22. The fourth-order valence-corrected chi connectivity index (χ4v) is 0.466. The van der Waals surface area contributed by atoms with Crippen molar-refractivity contribution in [2.24, 2.45) is 0 Å². The lowest BCUT2D eigenvalue weighted by atomic mass is 10.5. The summed E-state index contributed by atoms with van der Waals surface area (Å²) >= 11 is 1.74. The largest absolute Gasteiger partial charge is 0.134 e. The molecule has 7 heavy (non-hydrogen) atoms. The minimum atomic E-state index is 1.30. The first-order valence-corrected chi connectivity index (χ1v) is 3.37. The SMILES string of the molecule is C=C/C=C(/C)SC. The second-order valence-corrected chi connectivity index (χ2v) is 2.27. The van der Waals surface area contributed by atoms with Gasteiger partial charge in [0.2, 0.25) is 0 Å². The maximum atomic E-state index is 3.56. The van der Waals surface area contributed by atoms with Gasteiger partial charge in [0.25, 0.3) is 0 Å². The van der Waals surface area contributed by atoms with Gasteiger partial charge in [0.05, 0.1) is 0 Å². The third kappa shape index (κ3) is 3.67. The molecule has 0 fully saturated rings. The van der Waals surface area contributed by atoms with Crippen LogP contribution < -0.4 is 0 Å². The van der Waals surface area contributed by atoms with Crippen molar-refractivity contribution in [2.45, 2.75) is 6.92 Å². The fourth-order valence-electron chi connectivity index (χ4n) is 0.234. The summed E-state index contributed by atoms with van der Waals surface area (Å²) in [6.45, 7) is 5.62. The summed E-state index contributed by atoms with van der Waals surface area (Å²) in [5, 5.41) is 0. The van der Waals surface area contributed by atoms with Crippen LogP contribution in [0.1, 0.15) is 6.92 Å². The summed E-state index contributed by atoms with van der Waals surface area (Å²) in [5.74, 6) is 0. The molecule has 0 rings (SSSR count). The van der Waals surface area contributed by atoms with Crippen molar-refractivity contribution in [3.8, 4) is 0 Å². The predicted octanol–water partition coefficient (Wildman–Crippen LogP) is 2.44. The molecule has 0 aliphatic rings. The molecule has 0 aromatic heterocycles. The summed E-state index contributed by atoms with van der Waals surface area (Å²) in [6, 6.07) is 0. The van der Waals surface area contributed by atoms with Crippen molar-refractivity contribution in [2.75, 3.05) is 6.26 Å². The van der Waals surface area contributed by atoms with Crippen molar-refractivity contribution >= 4 is 11.8 Å². The smallest absolute Gasteiger partial charge is 0.0140 e. The number of hydrogen-bond donors (Lipinski definition) is 0. The molecule has 0 aromatic rings. The monoisotopic (exact) mass is 114 g/mol. The Morgan fingerprint density at radius 3 is 2.43 bits per heavy atom. The number of allylic oxidation sites excluding steroid dienone is 3. The lowest BCUT2D eigenvalue weighted by molar-refractivity contribution is 1.68. The zero-order valence-corrected chi connectivity index (χ0v) is 5.59. The molecule has 0 nitrogen and oxygen atoms in total. The van der Waals surface area contributed by atoms with E-state index in [1.165, 1.54) is 4.91 Å². The Bertz CT molecular complexity index is 82.2. The van der Waals surface area contributed by atoms with E-state index in [1.54, 1.807) is 17.8 Å². The molecule has 0 radical (unpaired) electrons.